The number of thiocarbonyl (C=S) groups is 1. The van der Waals surface area contributed by atoms with Crippen LogP contribution in [0.2, 0.25) is 0 Å². The molecule has 1 heterocycles. The fraction of sp³-hybridized carbons (Fsp3) is 0.333. The second kappa shape index (κ2) is 10.1. The molecule has 0 unspecified atom stereocenters. The zero-order chi connectivity index (χ0) is 19.8. The fourth-order valence-corrected chi connectivity index (χ4v) is 3.69. The molecule has 0 aromatic heterocycles. The Morgan fingerprint density at radius 2 is 1.93 bits per heavy atom. The van der Waals surface area contributed by atoms with Crippen LogP contribution in [0.5, 0.6) is 5.75 Å². The molecule has 1 aromatic rings. The normalized spacial score (nSPS) is 15.4. The smallest absolute Gasteiger partial charge is 0.303 e. The van der Waals surface area contributed by atoms with Crippen molar-refractivity contribution < 1.29 is 24.2 Å². The number of hydrogen-bond acceptors (Lipinski definition) is 6. The van der Waals surface area contributed by atoms with Crippen LogP contribution in [0.25, 0.3) is 6.08 Å². The Bertz CT molecular complexity index is 762. The van der Waals surface area contributed by atoms with Crippen LogP contribution in [0.1, 0.15) is 31.2 Å². The van der Waals surface area contributed by atoms with Gasteiger partial charge in [0.2, 0.25) is 0 Å². The van der Waals surface area contributed by atoms with Gasteiger partial charge in [-0.3, -0.25) is 19.3 Å². The molecule has 7 nitrogen and oxygen atoms in total. The van der Waals surface area contributed by atoms with Crippen molar-refractivity contribution in [2.24, 2.45) is 5.73 Å². The van der Waals surface area contributed by atoms with Gasteiger partial charge in [-0.1, -0.05) is 42.5 Å². The lowest BCUT2D eigenvalue weighted by Crippen LogP contribution is -2.29. The lowest BCUT2D eigenvalue weighted by Gasteiger charge is -2.13. The molecular weight excluding hydrogens is 388 g/mol. The van der Waals surface area contributed by atoms with Crippen LogP contribution in [-0.4, -0.2) is 45.3 Å². The molecule has 1 fully saturated rings. The fourth-order valence-electron chi connectivity index (χ4n) is 2.38. The van der Waals surface area contributed by atoms with E-state index in [0.717, 1.165) is 12.0 Å². The summed E-state index contributed by atoms with van der Waals surface area (Å²) < 4.78 is 5.70. The number of aliphatic carboxylic acids is 1. The number of amides is 2. The molecule has 144 valence electrons. The lowest BCUT2D eigenvalue weighted by atomic mass is 10.2. The number of benzene rings is 1. The number of carbonyl (C=O) groups is 3. The van der Waals surface area contributed by atoms with Crippen molar-refractivity contribution >= 4 is 52.2 Å². The molecule has 0 aliphatic carbocycles. The van der Waals surface area contributed by atoms with Crippen molar-refractivity contribution in [3.8, 4) is 5.75 Å². The molecule has 2 amide bonds. The van der Waals surface area contributed by atoms with E-state index < -0.39 is 11.9 Å². The average molecular weight is 409 g/mol. The number of carbonyl (C=O) groups excluding carboxylic acids is 2. The van der Waals surface area contributed by atoms with Crippen LogP contribution in [0.15, 0.2) is 29.2 Å². The highest BCUT2D eigenvalue weighted by Gasteiger charge is 2.31. The van der Waals surface area contributed by atoms with Gasteiger partial charge in [0.1, 0.15) is 10.1 Å². The molecular formula is C18H20N2O5S2. The van der Waals surface area contributed by atoms with Crippen LogP contribution < -0.4 is 10.5 Å². The first-order valence-corrected chi connectivity index (χ1v) is 9.57. The zero-order valence-corrected chi connectivity index (χ0v) is 16.2. The SMILES string of the molecule is NC(=O)COc1ccc(/C=C2/SC(=S)N(CCCCCC(=O)O)C2=O)cc1. The molecule has 27 heavy (non-hydrogen) atoms. The first-order chi connectivity index (χ1) is 12.9. The third-order valence-electron chi connectivity index (χ3n) is 3.70. The van der Waals surface area contributed by atoms with Crippen LogP contribution in [-0.2, 0) is 14.4 Å². The van der Waals surface area contributed by atoms with Gasteiger partial charge in [-0.2, -0.15) is 0 Å². The van der Waals surface area contributed by atoms with Crippen LogP contribution in [0, 0.1) is 0 Å². The minimum atomic E-state index is -0.811. The Labute approximate surface area is 166 Å². The van der Waals surface area contributed by atoms with E-state index in [1.54, 1.807) is 35.2 Å². The number of primary amides is 1. The number of carboxylic acid groups (broad SMARTS) is 1. The van der Waals surface area contributed by atoms with E-state index in [9.17, 15) is 14.4 Å². The molecule has 1 aliphatic rings. The molecule has 2 rings (SSSR count). The van der Waals surface area contributed by atoms with Gasteiger partial charge in [0.15, 0.2) is 6.61 Å². The van der Waals surface area contributed by atoms with E-state index in [-0.39, 0.29) is 18.9 Å². The molecule has 0 spiro atoms. The van der Waals surface area contributed by atoms with Gasteiger partial charge in [-0.15, -0.1) is 0 Å². The molecule has 1 aromatic carbocycles. The summed E-state index contributed by atoms with van der Waals surface area (Å²) in [4.78, 5) is 35.8. The van der Waals surface area contributed by atoms with Gasteiger partial charge < -0.3 is 15.6 Å². The standard InChI is InChI=1S/C18H20N2O5S2/c19-15(21)11-25-13-7-5-12(6-8-13)10-14-17(24)20(18(26)27-14)9-3-1-2-4-16(22)23/h5-8,10H,1-4,9,11H2,(H2,19,21)(H,22,23)/b14-10+. The van der Waals surface area contributed by atoms with E-state index in [2.05, 4.69) is 0 Å². The summed E-state index contributed by atoms with van der Waals surface area (Å²) in [5.74, 6) is -0.988. The topological polar surface area (TPSA) is 110 Å². The van der Waals surface area contributed by atoms with E-state index in [0.29, 0.717) is 34.4 Å². The summed E-state index contributed by atoms with van der Waals surface area (Å²) in [6.07, 6.45) is 3.91. The van der Waals surface area contributed by atoms with Crippen molar-refractivity contribution in [1.29, 1.82) is 0 Å². The van der Waals surface area contributed by atoms with Crippen LogP contribution >= 0.6 is 24.0 Å². The highest BCUT2D eigenvalue weighted by Crippen LogP contribution is 2.33. The van der Waals surface area contributed by atoms with Crippen molar-refractivity contribution in [2.45, 2.75) is 25.7 Å². The summed E-state index contributed by atoms with van der Waals surface area (Å²) in [7, 11) is 0. The first kappa shape index (κ1) is 20.9. The molecule has 1 aliphatic heterocycles. The van der Waals surface area contributed by atoms with Gasteiger partial charge in [0.05, 0.1) is 4.91 Å². The molecule has 3 N–H and O–H groups in total. The van der Waals surface area contributed by atoms with Crippen molar-refractivity contribution in [1.82, 2.24) is 4.90 Å². The Morgan fingerprint density at radius 1 is 1.22 bits per heavy atom. The van der Waals surface area contributed by atoms with E-state index in [1.165, 1.54) is 11.8 Å². The summed E-state index contributed by atoms with van der Waals surface area (Å²) >= 11 is 6.53. The van der Waals surface area contributed by atoms with Gasteiger partial charge in [0.25, 0.3) is 11.8 Å². The molecule has 0 saturated carbocycles. The summed E-state index contributed by atoms with van der Waals surface area (Å²) in [5.41, 5.74) is 5.84. The minimum absolute atomic E-state index is 0.136. The third kappa shape index (κ3) is 6.69. The predicted molar refractivity (Wildman–Crippen MR) is 107 cm³/mol. The second-order valence-electron chi connectivity index (χ2n) is 5.86. The molecule has 0 bridgehead atoms. The summed E-state index contributed by atoms with van der Waals surface area (Å²) in [6.45, 7) is 0.298. The number of carboxylic acids is 1. The number of hydrogen-bond donors (Lipinski definition) is 2. The highest BCUT2D eigenvalue weighted by molar-refractivity contribution is 8.26. The number of nitrogens with two attached hydrogens (primary N) is 1. The quantitative estimate of drug-likeness (QED) is 0.347. The largest absolute Gasteiger partial charge is 0.484 e. The molecule has 0 atom stereocenters. The van der Waals surface area contributed by atoms with Crippen molar-refractivity contribution in [2.75, 3.05) is 13.2 Å². The molecule has 0 radical (unpaired) electrons. The maximum Gasteiger partial charge on any atom is 0.303 e. The average Bonchev–Trinajstić information content (AvgIpc) is 2.87. The number of unbranched alkanes of at least 4 members (excludes halogenated alkanes) is 2. The maximum absolute atomic E-state index is 12.5. The predicted octanol–water partition coefficient (Wildman–Crippen LogP) is 2.40. The summed E-state index contributed by atoms with van der Waals surface area (Å²) in [6, 6.07) is 6.93. The van der Waals surface area contributed by atoms with Gasteiger partial charge >= 0.3 is 5.97 Å². The van der Waals surface area contributed by atoms with Gasteiger partial charge in [-0.05, 0) is 36.6 Å². The van der Waals surface area contributed by atoms with Gasteiger partial charge in [-0.25, -0.2) is 0 Å². The second-order valence-corrected chi connectivity index (χ2v) is 7.54. The lowest BCUT2D eigenvalue weighted by molar-refractivity contribution is -0.137. The molecule has 1 saturated heterocycles. The minimum Gasteiger partial charge on any atom is -0.484 e. The number of rotatable bonds is 10. The van der Waals surface area contributed by atoms with E-state index in [1.807, 2.05) is 0 Å². The Balaban J connectivity index is 1.91. The third-order valence-corrected chi connectivity index (χ3v) is 5.08. The van der Waals surface area contributed by atoms with E-state index in [4.69, 9.17) is 27.8 Å². The molecule has 9 heteroatoms. The van der Waals surface area contributed by atoms with Crippen LogP contribution in [0.3, 0.4) is 0 Å². The first-order valence-electron chi connectivity index (χ1n) is 8.35. The maximum atomic E-state index is 12.5. The monoisotopic (exact) mass is 408 g/mol. The number of ether oxygens (including phenoxy) is 1. The Kier molecular flexibility index (Phi) is 7.81. The van der Waals surface area contributed by atoms with Crippen molar-refractivity contribution in [3.63, 3.8) is 0 Å². The number of thioether (sulfide) groups is 1. The zero-order valence-electron chi connectivity index (χ0n) is 14.6. The summed E-state index contributed by atoms with van der Waals surface area (Å²) in [5, 5.41) is 8.63. The highest BCUT2D eigenvalue weighted by atomic mass is 32.2. The Morgan fingerprint density at radius 3 is 2.56 bits per heavy atom. The number of nitrogens with zero attached hydrogens (tertiary/aromatic N) is 1. The van der Waals surface area contributed by atoms with Gasteiger partial charge in [0, 0.05) is 13.0 Å². The Hall–Kier alpha value is -2.39. The van der Waals surface area contributed by atoms with Crippen molar-refractivity contribution in [3.05, 3.63) is 34.7 Å². The van der Waals surface area contributed by atoms with E-state index >= 15 is 0 Å². The van der Waals surface area contributed by atoms with Crippen LogP contribution in [0.4, 0.5) is 0 Å².